The number of aromatic hydroxyl groups is 1. The second-order valence-corrected chi connectivity index (χ2v) is 10.8. The van der Waals surface area contributed by atoms with Crippen LogP contribution in [0.2, 0.25) is 0 Å². The lowest BCUT2D eigenvalue weighted by Crippen LogP contribution is -2.22. The minimum atomic E-state index is 0.0145. The number of ketones is 1. The van der Waals surface area contributed by atoms with Gasteiger partial charge in [-0.25, -0.2) is 0 Å². The lowest BCUT2D eigenvalue weighted by atomic mass is 9.90. The second-order valence-electron chi connectivity index (χ2n) is 10.8. The highest BCUT2D eigenvalue weighted by Gasteiger charge is 2.15. The fourth-order valence-corrected chi connectivity index (χ4v) is 4.43. The van der Waals surface area contributed by atoms with E-state index in [2.05, 4.69) is 55.4 Å². The van der Waals surface area contributed by atoms with Crippen molar-refractivity contribution in [2.45, 2.75) is 78.2 Å². The molecule has 212 valence electrons. The minimum Gasteiger partial charge on any atom is -0.507 e. The summed E-state index contributed by atoms with van der Waals surface area (Å²) in [7, 11) is 0. The Hall–Kier alpha value is -3.84. The summed E-state index contributed by atoms with van der Waals surface area (Å²) in [6.45, 7) is 9.29. The van der Waals surface area contributed by atoms with E-state index in [1.54, 1.807) is 24.3 Å². The van der Waals surface area contributed by atoms with Gasteiger partial charge >= 0.3 is 0 Å². The minimum absolute atomic E-state index is 0.0145. The number of carbonyl (C=O) groups is 2. The first-order valence-corrected chi connectivity index (χ1v) is 14.1. The van der Waals surface area contributed by atoms with Crippen molar-refractivity contribution in [1.29, 1.82) is 0 Å². The van der Waals surface area contributed by atoms with Crippen molar-refractivity contribution in [3.8, 4) is 5.75 Å². The number of phenols is 1. The maximum absolute atomic E-state index is 12.4. The molecule has 0 spiro atoms. The number of hydrogen-bond acceptors (Lipinski definition) is 6. The van der Waals surface area contributed by atoms with Gasteiger partial charge in [0.25, 0.3) is 0 Å². The van der Waals surface area contributed by atoms with Crippen molar-refractivity contribution in [3.63, 3.8) is 0 Å². The molecule has 0 bridgehead atoms. The molecule has 0 saturated heterocycles. The van der Waals surface area contributed by atoms with E-state index in [9.17, 15) is 14.7 Å². The zero-order valence-electron chi connectivity index (χ0n) is 24.1. The number of nitrogens with one attached hydrogen (secondary N) is 1. The molecule has 0 fully saturated rings. The maximum atomic E-state index is 12.4. The Morgan fingerprint density at radius 3 is 1.88 bits per heavy atom. The number of azo groups is 1. The first kappa shape index (κ1) is 30.7. The van der Waals surface area contributed by atoms with Crippen LogP contribution >= 0.6 is 0 Å². The van der Waals surface area contributed by atoms with Crippen LogP contribution in [-0.4, -0.2) is 23.3 Å². The third-order valence-corrected chi connectivity index (χ3v) is 6.85. The molecule has 3 rings (SSSR count). The normalized spacial score (nSPS) is 11.5. The molecule has 0 saturated carbocycles. The highest BCUT2D eigenvalue weighted by molar-refractivity contribution is 5.96. The van der Waals surface area contributed by atoms with Crippen LogP contribution in [0.15, 0.2) is 70.9 Å². The summed E-state index contributed by atoms with van der Waals surface area (Å²) >= 11 is 0. The van der Waals surface area contributed by atoms with Gasteiger partial charge in [-0.05, 0) is 96.3 Å². The zero-order valence-corrected chi connectivity index (χ0v) is 24.1. The van der Waals surface area contributed by atoms with Crippen LogP contribution in [0.5, 0.6) is 5.75 Å². The molecule has 3 aromatic carbocycles. The molecule has 0 atom stereocenters. The number of aryl methyl sites for hydroxylation is 1. The van der Waals surface area contributed by atoms with Crippen molar-refractivity contribution in [2.24, 2.45) is 16.0 Å². The van der Waals surface area contributed by atoms with E-state index in [4.69, 9.17) is 5.73 Å². The Kier molecular flexibility index (Phi) is 11.6. The first-order valence-electron chi connectivity index (χ1n) is 14.1. The van der Waals surface area contributed by atoms with Crippen LogP contribution in [0.4, 0.5) is 11.4 Å². The van der Waals surface area contributed by atoms with E-state index in [0.717, 1.165) is 35.1 Å². The fourth-order valence-electron chi connectivity index (χ4n) is 4.43. The van der Waals surface area contributed by atoms with Crippen LogP contribution in [0.3, 0.4) is 0 Å². The Balaban J connectivity index is 1.45. The number of rotatable bonds is 14. The van der Waals surface area contributed by atoms with Crippen LogP contribution in [0.25, 0.3) is 0 Å². The molecule has 0 heterocycles. The molecule has 0 unspecified atom stereocenters. The number of nitrogens with two attached hydrogens (primary N) is 1. The van der Waals surface area contributed by atoms with Gasteiger partial charge in [-0.15, -0.1) is 0 Å². The summed E-state index contributed by atoms with van der Waals surface area (Å²) in [5, 5.41) is 22.1. The van der Waals surface area contributed by atoms with Gasteiger partial charge in [0, 0.05) is 24.9 Å². The van der Waals surface area contributed by atoms with Crippen molar-refractivity contribution in [3.05, 3.63) is 88.5 Å². The average Bonchev–Trinajstić information content (AvgIpc) is 2.94. The summed E-state index contributed by atoms with van der Waals surface area (Å²) in [5.41, 5.74) is 11.6. The number of hydrogen-bond donors (Lipinski definition) is 3. The number of nitrogens with zero attached hydrogens (tertiary/aromatic N) is 2. The topological polar surface area (TPSA) is 117 Å². The summed E-state index contributed by atoms with van der Waals surface area (Å²) in [6, 6.07) is 18.8. The molecule has 7 nitrogen and oxygen atoms in total. The molecule has 7 heteroatoms. The number of Topliss-reactive ketones (excluding diaryl/α,β-unsaturated/α-hetero) is 1. The fraction of sp³-hybridized carbons (Fsp3) is 0.394. The lowest BCUT2D eigenvalue weighted by molar-refractivity contribution is -0.121. The number of amides is 1. The second kappa shape index (κ2) is 15.1. The maximum Gasteiger partial charge on any atom is 0.220 e. The molecule has 0 aliphatic rings. The summed E-state index contributed by atoms with van der Waals surface area (Å²) < 4.78 is 0. The van der Waals surface area contributed by atoms with Gasteiger partial charge in [-0.1, -0.05) is 52.0 Å². The van der Waals surface area contributed by atoms with Gasteiger partial charge in [0.2, 0.25) is 5.91 Å². The van der Waals surface area contributed by atoms with E-state index in [1.807, 2.05) is 24.3 Å². The Labute approximate surface area is 237 Å². The van der Waals surface area contributed by atoms with Gasteiger partial charge in [-0.3, -0.25) is 9.59 Å². The first-order chi connectivity index (χ1) is 19.2. The molecule has 40 heavy (non-hydrogen) atoms. The summed E-state index contributed by atoms with van der Waals surface area (Å²) in [5.74, 6) is 0.975. The predicted molar refractivity (Wildman–Crippen MR) is 161 cm³/mol. The van der Waals surface area contributed by atoms with Crippen LogP contribution < -0.4 is 11.1 Å². The van der Waals surface area contributed by atoms with E-state index < -0.39 is 0 Å². The lowest BCUT2D eigenvalue weighted by Gasteiger charge is -2.17. The standard InChI is InChI=1S/C33H42N4O3/c1-22(2)29-19-25(20-30(23(3)4)33(29)40)7-5-9-32(39)35-21-24-10-14-27(15-11-24)36-37-28-16-12-26(13-17-28)31(38)8-6-18-34/h10-17,19-20,22-23,40H,5-9,18,21,34H2,1-4H3,(H,35,39). The molecule has 4 N–H and O–H groups in total. The highest BCUT2D eigenvalue weighted by Crippen LogP contribution is 2.35. The Bertz CT molecular complexity index is 1270. The largest absolute Gasteiger partial charge is 0.507 e. The quantitative estimate of drug-likeness (QED) is 0.143. The van der Waals surface area contributed by atoms with Crippen LogP contribution in [0.1, 0.15) is 97.8 Å². The van der Waals surface area contributed by atoms with Crippen molar-refractivity contribution in [1.82, 2.24) is 5.32 Å². The SMILES string of the molecule is CC(C)c1cc(CCCC(=O)NCc2ccc(N=Nc3ccc(C(=O)CCCN)cc3)cc2)cc(C(C)C)c1O. The van der Waals surface area contributed by atoms with Crippen LogP contribution in [0, 0.1) is 0 Å². The molecule has 0 aromatic heterocycles. The number of benzene rings is 3. The zero-order chi connectivity index (χ0) is 29.1. The molecule has 3 aromatic rings. The van der Waals surface area contributed by atoms with Crippen molar-refractivity contribution in [2.75, 3.05) is 6.54 Å². The smallest absolute Gasteiger partial charge is 0.220 e. The predicted octanol–water partition coefficient (Wildman–Crippen LogP) is 7.62. The Morgan fingerprint density at radius 1 is 0.800 bits per heavy atom. The van der Waals surface area contributed by atoms with E-state index in [-0.39, 0.29) is 23.5 Å². The summed E-state index contributed by atoms with van der Waals surface area (Å²) in [6.07, 6.45) is 3.11. The summed E-state index contributed by atoms with van der Waals surface area (Å²) in [4.78, 5) is 24.5. The van der Waals surface area contributed by atoms with Crippen LogP contribution in [-0.2, 0) is 17.8 Å². The highest BCUT2D eigenvalue weighted by atomic mass is 16.3. The third kappa shape index (κ3) is 9.12. The molecule has 1 amide bonds. The number of phenolic OH excluding ortho intramolecular Hbond substituents is 1. The van der Waals surface area contributed by atoms with Gasteiger partial charge in [0.15, 0.2) is 5.78 Å². The van der Waals surface area contributed by atoms with E-state index in [0.29, 0.717) is 55.0 Å². The molecule has 0 aliphatic carbocycles. The Morgan fingerprint density at radius 2 is 1.35 bits per heavy atom. The van der Waals surface area contributed by atoms with E-state index >= 15 is 0 Å². The van der Waals surface area contributed by atoms with Gasteiger partial charge in [0.1, 0.15) is 5.75 Å². The van der Waals surface area contributed by atoms with E-state index in [1.165, 1.54) is 0 Å². The third-order valence-electron chi connectivity index (χ3n) is 6.85. The number of carbonyl (C=O) groups excluding carboxylic acids is 2. The molecule has 0 aliphatic heterocycles. The molecular formula is C33H42N4O3. The average molecular weight is 543 g/mol. The molecule has 0 radical (unpaired) electrons. The van der Waals surface area contributed by atoms with Gasteiger partial charge < -0.3 is 16.2 Å². The van der Waals surface area contributed by atoms with Gasteiger partial charge in [-0.2, -0.15) is 10.2 Å². The van der Waals surface area contributed by atoms with Crippen molar-refractivity contribution >= 4 is 23.1 Å². The molecular weight excluding hydrogens is 500 g/mol. The van der Waals surface area contributed by atoms with Gasteiger partial charge in [0.05, 0.1) is 11.4 Å². The monoisotopic (exact) mass is 542 g/mol. The van der Waals surface area contributed by atoms with Crippen molar-refractivity contribution < 1.29 is 14.7 Å².